The summed E-state index contributed by atoms with van der Waals surface area (Å²) in [6.45, 7) is 3.57. The fourth-order valence-electron chi connectivity index (χ4n) is 1.88. The van der Waals surface area contributed by atoms with E-state index in [0.717, 1.165) is 10.4 Å². The summed E-state index contributed by atoms with van der Waals surface area (Å²) in [4.78, 5) is 24.0. The van der Waals surface area contributed by atoms with Gasteiger partial charge in [-0.15, -0.1) is 11.3 Å². The van der Waals surface area contributed by atoms with E-state index in [4.69, 9.17) is 5.11 Å². The van der Waals surface area contributed by atoms with E-state index >= 15 is 0 Å². The smallest absolute Gasteiger partial charge is 0.336 e. The number of benzene rings is 1. The van der Waals surface area contributed by atoms with Gasteiger partial charge < -0.3 is 10.4 Å². The van der Waals surface area contributed by atoms with E-state index in [1.807, 2.05) is 24.4 Å². The topological polar surface area (TPSA) is 66.4 Å². The molecule has 5 heteroatoms. The molecule has 0 bridgehead atoms. The molecule has 0 saturated heterocycles. The number of thiophene rings is 1. The molecule has 21 heavy (non-hydrogen) atoms. The molecule has 0 spiro atoms. The molecule has 0 radical (unpaired) electrons. The highest BCUT2D eigenvalue weighted by atomic mass is 32.1. The van der Waals surface area contributed by atoms with E-state index < -0.39 is 5.97 Å². The number of hydrogen-bond acceptors (Lipinski definition) is 3. The second-order valence-electron chi connectivity index (χ2n) is 4.61. The van der Waals surface area contributed by atoms with Crippen LogP contribution in [0.3, 0.4) is 0 Å². The van der Waals surface area contributed by atoms with Crippen molar-refractivity contribution in [2.75, 3.05) is 5.32 Å². The summed E-state index contributed by atoms with van der Waals surface area (Å²) in [5, 5.41) is 13.8. The number of nitrogens with one attached hydrogen (secondary N) is 1. The lowest BCUT2D eigenvalue weighted by atomic mass is 10.0. The third-order valence-corrected chi connectivity index (χ3v) is 3.95. The molecule has 2 aromatic rings. The number of aryl methyl sites for hydroxylation is 1. The minimum absolute atomic E-state index is 0.201. The van der Waals surface area contributed by atoms with Crippen LogP contribution in [0.15, 0.2) is 35.7 Å². The van der Waals surface area contributed by atoms with Gasteiger partial charge in [0.05, 0.1) is 5.56 Å². The molecule has 1 amide bonds. The van der Waals surface area contributed by atoms with Crippen LogP contribution in [0.1, 0.15) is 26.4 Å². The van der Waals surface area contributed by atoms with E-state index in [0.29, 0.717) is 11.3 Å². The van der Waals surface area contributed by atoms with Crippen molar-refractivity contribution in [2.24, 2.45) is 0 Å². The first-order valence-electron chi connectivity index (χ1n) is 6.34. The van der Waals surface area contributed by atoms with Gasteiger partial charge in [-0.2, -0.15) is 0 Å². The number of anilines is 1. The second kappa shape index (κ2) is 6.37. The number of carboxylic acid groups (broad SMARTS) is 1. The van der Waals surface area contributed by atoms with Gasteiger partial charge in [-0.05, 0) is 54.6 Å². The van der Waals surface area contributed by atoms with Crippen LogP contribution in [-0.4, -0.2) is 17.0 Å². The zero-order valence-electron chi connectivity index (χ0n) is 11.7. The first kappa shape index (κ1) is 15.0. The zero-order valence-corrected chi connectivity index (χ0v) is 12.5. The quantitative estimate of drug-likeness (QED) is 0.846. The van der Waals surface area contributed by atoms with Gasteiger partial charge in [0.25, 0.3) is 0 Å². The molecule has 0 fully saturated rings. The molecule has 108 valence electrons. The van der Waals surface area contributed by atoms with Crippen molar-refractivity contribution in [3.63, 3.8) is 0 Å². The molecule has 0 aliphatic rings. The zero-order chi connectivity index (χ0) is 15.4. The van der Waals surface area contributed by atoms with E-state index in [9.17, 15) is 9.59 Å². The maximum atomic E-state index is 11.8. The normalized spacial score (nSPS) is 10.8. The Labute approximate surface area is 126 Å². The van der Waals surface area contributed by atoms with Crippen LogP contribution >= 0.6 is 11.3 Å². The van der Waals surface area contributed by atoms with Crippen LogP contribution in [0.2, 0.25) is 0 Å². The number of rotatable bonds is 4. The lowest BCUT2D eigenvalue weighted by molar-refractivity contribution is -0.111. The number of carbonyl (C=O) groups excluding carboxylic acids is 1. The standard InChI is InChI=1S/C16H15NO3S/c1-10-8-12(9-14(11(10)2)16(19)20)17-15(18)6-5-13-4-3-7-21-13/h3-9H,1-2H3,(H,17,18)(H,19,20). The summed E-state index contributed by atoms with van der Waals surface area (Å²) in [6, 6.07) is 7.05. The van der Waals surface area contributed by atoms with Gasteiger partial charge in [0.15, 0.2) is 0 Å². The Bertz CT molecular complexity index is 703. The molecular weight excluding hydrogens is 286 g/mol. The summed E-state index contributed by atoms with van der Waals surface area (Å²) < 4.78 is 0. The number of hydrogen-bond donors (Lipinski definition) is 2. The van der Waals surface area contributed by atoms with Crippen LogP contribution in [0, 0.1) is 13.8 Å². The molecule has 0 aliphatic carbocycles. The summed E-state index contributed by atoms with van der Waals surface area (Å²) in [5.74, 6) is -1.29. The van der Waals surface area contributed by atoms with E-state index in [2.05, 4.69) is 5.32 Å². The average Bonchev–Trinajstić information content (AvgIpc) is 2.93. The number of aromatic carboxylic acids is 1. The Balaban J connectivity index is 2.16. The van der Waals surface area contributed by atoms with E-state index in [1.165, 1.54) is 23.5 Å². The van der Waals surface area contributed by atoms with Crippen LogP contribution < -0.4 is 5.32 Å². The Kier molecular flexibility index (Phi) is 4.55. The molecule has 1 aromatic carbocycles. The van der Waals surface area contributed by atoms with Crippen molar-refractivity contribution in [3.05, 3.63) is 57.3 Å². The highest BCUT2D eigenvalue weighted by Gasteiger charge is 2.11. The van der Waals surface area contributed by atoms with Crippen LogP contribution in [0.5, 0.6) is 0 Å². The van der Waals surface area contributed by atoms with Gasteiger partial charge in [0.2, 0.25) is 5.91 Å². The Morgan fingerprint density at radius 3 is 2.67 bits per heavy atom. The summed E-state index contributed by atoms with van der Waals surface area (Å²) in [7, 11) is 0. The van der Waals surface area contributed by atoms with Crippen molar-refractivity contribution in [3.8, 4) is 0 Å². The lowest BCUT2D eigenvalue weighted by Gasteiger charge is -2.09. The average molecular weight is 301 g/mol. The van der Waals surface area contributed by atoms with Crippen molar-refractivity contribution in [1.29, 1.82) is 0 Å². The summed E-state index contributed by atoms with van der Waals surface area (Å²) >= 11 is 1.54. The van der Waals surface area contributed by atoms with Gasteiger partial charge in [0, 0.05) is 16.6 Å². The van der Waals surface area contributed by atoms with Crippen LogP contribution in [0.25, 0.3) is 6.08 Å². The molecule has 0 unspecified atom stereocenters. The number of carbonyl (C=O) groups is 2. The summed E-state index contributed by atoms with van der Waals surface area (Å²) in [5.41, 5.74) is 2.21. The van der Waals surface area contributed by atoms with Gasteiger partial charge in [-0.3, -0.25) is 4.79 Å². The first-order chi connectivity index (χ1) is 9.97. The molecule has 1 aromatic heterocycles. The molecule has 4 nitrogen and oxygen atoms in total. The van der Waals surface area contributed by atoms with Crippen LogP contribution in [-0.2, 0) is 4.79 Å². The van der Waals surface area contributed by atoms with Crippen LogP contribution in [0.4, 0.5) is 5.69 Å². The summed E-state index contributed by atoms with van der Waals surface area (Å²) in [6.07, 6.45) is 3.15. The number of carboxylic acids is 1. The third kappa shape index (κ3) is 3.79. The minimum atomic E-state index is -0.999. The predicted octanol–water partition coefficient (Wildman–Crippen LogP) is 3.72. The van der Waals surface area contributed by atoms with Gasteiger partial charge >= 0.3 is 5.97 Å². The molecular formula is C16H15NO3S. The van der Waals surface area contributed by atoms with Gasteiger partial charge in [-0.1, -0.05) is 6.07 Å². The van der Waals surface area contributed by atoms with Gasteiger partial charge in [0.1, 0.15) is 0 Å². The molecule has 2 N–H and O–H groups in total. The number of amides is 1. The van der Waals surface area contributed by atoms with E-state index in [1.54, 1.807) is 19.1 Å². The largest absolute Gasteiger partial charge is 0.478 e. The fourth-order valence-corrected chi connectivity index (χ4v) is 2.50. The van der Waals surface area contributed by atoms with Crippen molar-refractivity contribution in [2.45, 2.75) is 13.8 Å². The van der Waals surface area contributed by atoms with Crippen molar-refractivity contribution in [1.82, 2.24) is 0 Å². The molecule has 1 heterocycles. The highest BCUT2D eigenvalue weighted by Crippen LogP contribution is 2.20. The van der Waals surface area contributed by atoms with Crippen molar-refractivity contribution >= 4 is 35.0 Å². The maximum Gasteiger partial charge on any atom is 0.336 e. The molecule has 0 saturated carbocycles. The van der Waals surface area contributed by atoms with Crippen molar-refractivity contribution < 1.29 is 14.7 Å². The molecule has 2 rings (SSSR count). The first-order valence-corrected chi connectivity index (χ1v) is 7.22. The molecule has 0 aliphatic heterocycles. The fraction of sp³-hybridized carbons (Fsp3) is 0.125. The second-order valence-corrected chi connectivity index (χ2v) is 5.59. The Morgan fingerprint density at radius 1 is 1.29 bits per heavy atom. The third-order valence-electron chi connectivity index (χ3n) is 3.11. The monoisotopic (exact) mass is 301 g/mol. The van der Waals surface area contributed by atoms with E-state index in [-0.39, 0.29) is 11.5 Å². The lowest BCUT2D eigenvalue weighted by Crippen LogP contribution is -2.10. The highest BCUT2D eigenvalue weighted by molar-refractivity contribution is 7.10. The van der Waals surface area contributed by atoms with Gasteiger partial charge in [-0.25, -0.2) is 4.79 Å². The maximum absolute atomic E-state index is 11.8. The predicted molar refractivity (Wildman–Crippen MR) is 84.9 cm³/mol. The minimum Gasteiger partial charge on any atom is -0.478 e. The Hall–Kier alpha value is -2.40. The Morgan fingerprint density at radius 2 is 2.05 bits per heavy atom. The SMILES string of the molecule is Cc1cc(NC(=O)C=Cc2cccs2)cc(C(=O)O)c1C. The molecule has 0 atom stereocenters.